The number of hydrogen-bond acceptors (Lipinski definition) is 14. The van der Waals surface area contributed by atoms with E-state index in [1.807, 2.05) is 0 Å². The van der Waals surface area contributed by atoms with Crippen LogP contribution in [0.2, 0.25) is 5.02 Å². The molecule has 2 aromatic rings. The highest BCUT2D eigenvalue weighted by atomic mass is 35.5. The Morgan fingerprint density at radius 3 is 1.72 bits per heavy atom. The Labute approximate surface area is 302 Å². The molecule has 4 N–H and O–H groups in total. The minimum Gasteiger partial charge on any atom is -0.506 e. The molecule has 1 aliphatic carbocycles. The molecular weight excluding hydrogens is 666 g/mol. The molecule has 2 aliphatic rings. The van der Waals surface area contributed by atoms with Gasteiger partial charge in [0.2, 0.25) is 17.8 Å². The summed E-state index contributed by atoms with van der Waals surface area (Å²) in [6.07, 6.45) is 10.2. The molecular formula is C35H58ClN7O7. The minimum atomic E-state index is 0.0302. The second-order valence-electron chi connectivity index (χ2n) is 12.6. The lowest BCUT2D eigenvalue weighted by Crippen LogP contribution is -2.40. The summed E-state index contributed by atoms with van der Waals surface area (Å²) in [5, 5.41) is 20.4. The normalized spacial score (nSPS) is 16.4. The number of aromatic hydroxyl groups is 1. The fourth-order valence-electron chi connectivity index (χ4n) is 5.88. The van der Waals surface area contributed by atoms with E-state index in [4.69, 9.17) is 45.0 Å². The van der Waals surface area contributed by atoms with Gasteiger partial charge in [-0.05, 0) is 50.3 Å². The highest BCUT2D eigenvalue weighted by molar-refractivity contribution is 6.32. The second-order valence-corrected chi connectivity index (χ2v) is 13.0. The standard InChI is InChI=1S/C35H58ClN7O7/c1-45-17-18-47-21-22-49-25-26-50-24-23-48-20-19-46-16-6-13-43-14-11-29(12-15-43)38-34-40-33(37-28-7-4-2-3-5-8-28)41-35(42-34)39-30-9-10-32(44)31(36)27-30/h9-10,27-29,44H,2-8,11-26H2,1H3,(H3,37,38,39,40,41,42). The van der Waals surface area contributed by atoms with Crippen molar-refractivity contribution in [2.24, 2.45) is 0 Å². The molecule has 14 nitrogen and oxygen atoms in total. The van der Waals surface area contributed by atoms with Gasteiger partial charge in [0.1, 0.15) is 5.75 Å². The zero-order valence-corrected chi connectivity index (χ0v) is 30.5. The van der Waals surface area contributed by atoms with Gasteiger partial charge in [-0.25, -0.2) is 0 Å². The van der Waals surface area contributed by atoms with E-state index < -0.39 is 0 Å². The van der Waals surface area contributed by atoms with Gasteiger partial charge in [0, 0.05) is 51.1 Å². The molecule has 2 heterocycles. The second kappa shape index (κ2) is 24.6. The molecule has 282 valence electrons. The monoisotopic (exact) mass is 723 g/mol. The number of phenols is 1. The molecule has 50 heavy (non-hydrogen) atoms. The van der Waals surface area contributed by atoms with Crippen LogP contribution in [0, 0.1) is 0 Å². The quantitative estimate of drug-likeness (QED) is 0.0610. The van der Waals surface area contributed by atoms with E-state index >= 15 is 0 Å². The van der Waals surface area contributed by atoms with E-state index in [-0.39, 0.29) is 16.8 Å². The number of methoxy groups -OCH3 is 1. The number of hydrogen-bond donors (Lipinski definition) is 4. The van der Waals surface area contributed by atoms with E-state index in [9.17, 15) is 5.11 Å². The zero-order chi connectivity index (χ0) is 35.1. The maximum absolute atomic E-state index is 9.82. The SMILES string of the molecule is COCCOCCOCCOCCOCCOCCCN1CCC(Nc2nc(Nc3ccc(O)c(Cl)c3)nc(NC3CCCCCC3)n2)CC1. The van der Waals surface area contributed by atoms with E-state index in [0.717, 1.165) is 51.7 Å². The van der Waals surface area contributed by atoms with E-state index in [1.54, 1.807) is 25.3 Å². The number of ether oxygens (including phenoxy) is 6. The van der Waals surface area contributed by atoms with Gasteiger partial charge < -0.3 is 54.4 Å². The first-order valence-electron chi connectivity index (χ1n) is 18.2. The summed E-state index contributed by atoms with van der Waals surface area (Å²) in [5.41, 5.74) is 0.689. The number of phenolic OH excluding ortho intramolecular Hbond substituents is 1. The summed E-state index contributed by atoms with van der Waals surface area (Å²) < 4.78 is 32.6. The van der Waals surface area contributed by atoms with E-state index in [1.165, 1.54) is 25.7 Å². The lowest BCUT2D eigenvalue weighted by Gasteiger charge is -2.32. The lowest BCUT2D eigenvalue weighted by molar-refractivity contribution is -0.0150. The molecule has 0 unspecified atom stereocenters. The molecule has 1 aromatic carbocycles. The zero-order valence-electron chi connectivity index (χ0n) is 29.7. The topological polar surface area (TPSA) is 154 Å². The van der Waals surface area contributed by atoms with E-state index in [0.29, 0.717) is 102 Å². The third-order valence-corrected chi connectivity index (χ3v) is 8.93. The molecule has 1 saturated heterocycles. The number of anilines is 4. The van der Waals surface area contributed by atoms with Crippen molar-refractivity contribution in [1.29, 1.82) is 0 Å². The van der Waals surface area contributed by atoms with Gasteiger partial charge in [-0.1, -0.05) is 37.3 Å². The van der Waals surface area contributed by atoms with Crippen LogP contribution in [-0.2, 0) is 28.4 Å². The number of benzene rings is 1. The van der Waals surface area contributed by atoms with Gasteiger partial charge in [-0.3, -0.25) is 0 Å². The molecule has 0 atom stereocenters. The van der Waals surface area contributed by atoms with Crippen LogP contribution in [0.25, 0.3) is 0 Å². The maximum atomic E-state index is 9.82. The van der Waals surface area contributed by atoms with Crippen LogP contribution in [-0.4, -0.2) is 136 Å². The first-order chi connectivity index (χ1) is 24.6. The summed E-state index contributed by atoms with van der Waals surface area (Å²) in [6.45, 7) is 9.33. The number of rotatable bonds is 25. The van der Waals surface area contributed by atoms with Crippen LogP contribution in [0.5, 0.6) is 5.75 Å². The van der Waals surface area contributed by atoms with Crippen molar-refractivity contribution < 1.29 is 33.5 Å². The van der Waals surface area contributed by atoms with Crippen molar-refractivity contribution >= 4 is 35.1 Å². The highest BCUT2D eigenvalue weighted by Gasteiger charge is 2.21. The first kappa shape index (κ1) is 40.2. The van der Waals surface area contributed by atoms with Crippen LogP contribution in [0.3, 0.4) is 0 Å². The van der Waals surface area contributed by atoms with Crippen LogP contribution in [0.1, 0.15) is 57.8 Å². The van der Waals surface area contributed by atoms with Gasteiger partial charge >= 0.3 is 0 Å². The number of halogens is 1. The third-order valence-electron chi connectivity index (χ3n) is 8.63. The summed E-state index contributed by atoms with van der Waals surface area (Å²) in [7, 11) is 1.65. The van der Waals surface area contributed by atoms with Crippen molar-refractivity contribution in [3.63, 3.8) is 0 Å². The molecule has 1 aliphatic heterocycles. The van der Waals surface area contributed by atoms with Crippen LogP contribution < -0.4 is 16.0 Å². The Balaban J connectivity index is 1.07. The predicted molar refractivity (Wildman–Crippen MR) is 195 cm³/mol. The molecule has 0 amide bonds. The maximum Gasteiger partial charge on any atom is 0.233 e. The largest absolute Gasteiger partial charge is 0.506 e. The van der Waals surface area contributed by atoms with Gasteiger partial charge in [0.05, 0.1) is 71.1 Å². The van der Waals surface area contributed by atoms with Crippen molar-refractivity contribution in [1.82, 2.24) is 19.9 Å². The molecule has 1 saturated carbocycles. The summed E-state index contributed by atoms with van der Waals surface area (Å²) >= 11 is 6.14. The van der Waals surface area contributed by atoms with Crippen molar-refractivity contribution in [3.8, 4) is 5.75 Å². The van der Waals surface area contributed by atoms with Crippen molar-refractivity contribution in [2.75, 3.05) is 115 Å². The van der Waals surface area contributed by atoms with Crippen molar-refractivity contribution in [2.45, 2.75) is 69.9 Å². The third kappa shape index (κ3) is 16.6. The van der Waals surface area contributed by atoms with Gasteiger partial charge in [0.25, 0.3) is 0 Å². The molecule has 2 fully saturated rings. The van der Waals surface area contributed by atoms with Crippen LogP contribution >= 0.6 is 11.6 Å². The fraction of sp³-hybridized carbons (Fsp3) is 0.743. The van der Waals surface area contributed by atoms with Crippen molar-refractivity contribution in [3.05, 3.63) is 23.2 Å². The summed E-state index contributed by atoms with van der Waals surface area (Å²) in [6, 6.07) is 5.57. The number of nitrogens with zero attached hydrogens (tertiary/aromatic N) is 4. The average Bonchev–Trinajstić information content (AvgIpc) is 3.38. The Morgan fingerprint density at radius 1 is 0.680 bits per heavy atom. The number of nitrogens with one attached hydrogen (secondary N) is 3. The molecule has 15 heteroatoms. The number of piperidine rings is 1. The lowest BCUT2D eigenvalue weighted by atomic mass is 10.1. The molecule has 0 radical (unpaired) electrons. The van der Waals surface area contributed by atoms with E-state index in [2.05, 4.69) is 30.8 Å². The molecule has 1 aromatic heterocycles. The molecule has 4 rings (SSSR count). The smallest absolute Gasteiger partial charge is 0.233 e. The Bertz CT molecular complexity index is 1190. The minimum absolute atomic E-state index is 0.0302. The van der Waals surface area contributed by atoms with Gasteiger partial charge in [-0.2, -0.15) is 15.0 Å². The fourth-order valence-corrected chi connectivity index (χ4v) is 6.06. The average molecular weight is 724 g/mol. The molecule has 0 spiro atoms. The van der Waals surface area contributed by atoms with Crippen LogP contribution in [0.4, 0.5) is 23.5 Å². The predicted octanol–water partition coefficient (Wildman–Crippen LogP) is 5.10. The summed E-state index contributed by atoms with van der Waals surface area (Å²) in [5.74, 6) is 1.57. The summed E-state index contributed by atoms with van der Waals surface area (Å²) in [4.78, 5) is 16.6. The van der Waals surface area contributed by atoms with Gasteiger partial charge in [-0.15, -0.1) is 0 Å². The molecule has 0 bridgehead atoms. The number of likely N-dealkylation sites (tertiary alicyclic amines) is 1. The van der Waals surface area contributed by atoms with Gasteiger partial charge in [0.15, 0.2) is 0 Å². The van der Waals surface area contributed by atoms with Crippen LogP contribution in [0.15, 0.2) is 18.2 Å². The highest BCUT2D eigenvalue weighted by Crippen LogP contribution is 2.28. The number of aromatic nitrogens is 3. The first-order valence-corrected chi connectivity index (χ1v) is 18.6. The Kier molecular flexibility index (Phi) is 19.8. The Morgan fingerprint density at radius 2 is 1.18 bits per heavy atom. The Hall–Kier alpha value is -2.56.